The second kappa shape index (κ2) is 7.31. The van der Waals surface area contributed by atoms with Crippen molar-refractivity contribution in [2.45, 2.75) is 25.9 Å². The lowest BCUT2D eigenvalue weighted by atomic mass is 10.1. The Morgan fingerprint density at radius 1 is 1.28 bits per heavy atom. The molecule has 1 aromatic heterocycles. The van der Waals surface area contributed by atoms with Crippen molar-refractivity contribution in [3.05, 3.63) is 54.0 Å². The van der Waals surface area contributed by atoms with Crippen LogP contribution in [-0.4, -0.2) is 43.4 Å². The first-order chi connectivity index (χ1) is 12.0. The fraction of sp³-hybridized carbons (Fsp3) is 0.389. The minimum Gasteiger partial charge on any atom is -0.493 e. The largest absolute Gasteiger partial charge is 0.493 e. The molecule has 2 aromatic rings. The Morgan fingerprint density at radius 3 is 2.72 bits per heavy atom. The summed E-state index contributed by atoms with van der Waals surface area (Å²) in [4.78, 5) is 14.8. The van der Waals surface area contributed by atoms with Gasteiger partial charge >= 0.3 is 0 Å². The Labute approximate surface area is 147 Å². The molecular formula is C18H21NO5S. The second-order valence-electron chi connectivity index (χ2n) is 6.00. The van der Waals surface area contributed by atoms with Crippen LogP contribution in [0.3, 0.4) is 0 Å². The van der Waals surface area contributed by atoms with Gasteiger partial charge in [-0.25, -0.2) is 8.42 Å². The van der Waals surface area contributed by atoms with Crippen LogP contribution in [0, 0.1) is 0 Å². The third kappa shape index (κ3) is 4.04. The number of rotatable bonds is 6. The van der Waals surface area contributed by atoms with Crippen molar-refractivity contribution in [3.63, 3.8) is 0 Å². The van der Waals surface area contributed by atoms with Gasteiger partial charge in [-0.3, -0.25) is 4.79 Å². The smallest absolute Gasteiger partial charge is 0.258 e. The highest BCUT2D eigenvalue weighted by Crippen LogP contribution is 2.26. The average Bonchev–Trinajstić information content (AvgIpc) is 3.22. The Morgan fingerprint density at radius 2 is 2.08 bits per heavy atom. The number of para-hydroxylation sites is 1. The zero-order valence-corrected chi connectivity index (χ0v) is 14.9. The van der Waals surface area contributed by atoms with Crippen molar-refractivity contribution in [3.8, 4) is 5.75 Å². The summed E-state index contributed by atoms with van der Waals surface area (Å²) < 4.78 is 34.7. The molecule has 25 heavy (non-hydrogen) atoms. The molecule has 0 aliphatic carbocycles. The number of ether oxygens (including phenoxy) is 1. The van der Waals surface area contributed by atoms with Crippen molar-refractivity contribution >= 4 is 15.7 Å². The van der Waals surface area contributed by atoms with Crippen LogP contribution >= 0.6 is 0 Å². The Hall–Kier alpha value is -2.28. The van der Waals surface area contributed by atoms with Crippen LogP contribution < -0.4 is 4.74 Å². The number of furan rings is 1. The number of nitrogens with zero attached hydrogens (tertiary/aromatic N) is 1. The van der Waals surface area contributed by atoms with E-state index in [1.807, 2.05) is 6.92 Å². The summed E-state index contributed by atoms with van der Waals surface area (Å²) in [5.74, 6) is 0.956. The van der Waals surface area contributed by atoms with Crippen LogP contribution in [0.25, 0.3) is 0 Å². The second-order valence-corrected chi connectivity index (χ2v) is 8.23. The maximum Gasteiger partial charge on any atom is 0.258 e. The highest BCUT2D eigenvalue weighted by Gasteiger charge is 2.36. The predicted octanol–water partition coefficient (Wildman–Crippen LogP) is 2.51. The van der Waals surface area contributed by atoms with E-state index in [1.165, 1.54) is 6.26 Å². The Balaban J connectivity index is 1.92. The molecule has 0 saturated carbocycles. The first kappa shape index (κ1) is 17.5. The lowest BCUT2D eigenvalue weighted by Crippen LogP contribution is -2.40. The van der Waals surface area contributed by atoms with Gasteiger partial charge in [0.1, 0.15) is 11.5 Å². The zero-order valence-electron chi connectivity index (χ0n) is 14.1. The van der Waals surface area contributed by atoms with E-state index in [2.05, 4.69) is 0 Å². The number of sulfone groups is 1. The van der Waals surface area contributed by atoms with E-state index in [9.17, 15) is 13.2 Å². The van der Waals surface area contributed by atoms with Crippen LogP contribution in [0.1, 0.15) is 29.5 Å². The maximum atomic E-state index is 13.2. The van der Waals surface area contributed by atoms with E-state index in [-0.39, 0.29) is 30.0 Å². The van der Waals surface area contributed by atoms with Crippen molar-refractivity contribution in [1.29, 1.82) is 0 Å². The van der Waals surface area contributed by atoms with Gasteiger partial charge in [-0.05, 0) is 37.6 Å². The van der Waals surface area contributed by atoms with E-state index in [1.54, 1.807) is 41.3 Å². The van der Waals surface area contributed by atoms with E-state index in [0.29, 0.717) is 30.1 Å². The third-order valence-corrected chi connectivity index (χ3v) is 5.98. The Kier molecular flexibility index (Phi) is 5.13. The summed E-state index contributed by atoms with van der Waals surface area (Å²) in [6, 6.07) is 10.2. The molecule has 1 saturated heterocycles. The molecule has 1 fully saturated rings. The molecule has 7 heteroatoms. The number of hydrogen-bond donors (Lipinski definition) is 0. The standard InChI is InChI=1S/C18H21NO5S/c1-2-23-17-8-4-3-7-16(17)18(20)19(12-15-6-5-10-24-15)14-9-11-25(21,22)13-14/h3-8,10,14H,2,9,11-13H2,1H3/t14-/m1/s1. The Bertz CT molecular complexity index is 829. The van der Waals surface area contributed by atoms with Crippen LogP contribution in [0.5, 0.6) is 5.75 Å². The lowest BCUT2D eigenvalue weighted by Gasteiger charge is -2.28. The number of carbonyl (C=O) groups excluding carboxylic acids is 1. The molecule has 1 amide bonds. The molecule has 1 aromatic carbocycles. The van der Waals surface area contributed by atoms with Gasteiger partial charge in [-0.1, -0.05) is 12.1 Å². The van der Waals surface area contributed by atoms with Gasteiger partial charge in [-0.15, -0.1) is 0 Å². The molecule has 0 radical (unpaired) electrons. The first-order valence-corrected chi connectivity index (χ1v) is 10.1. The van der Waals surface area contributed by atoms with E-state index >= 15 is 0 Å². The molecule has 1 aliphatic rings. The van der Waals surface area contributed by atoms with E-state index in [4.69, 9.17) is 9.15 Å². The van der Waals surface area contributed by atoms with Gasteiger partial charge in [0.25, 0.3) is 5.91 Å². The van der Waals surface area contributed by atoms with Crippen molar-refractivity contribution < 1.29 is 22.4 Å². The molecule has 6 nitrogen and oxygen atoms in total. The van der Waals surface area contributed by atoms with Gasteiger partial charge in [0.15, 0.2) is 9.84 Å². The number of benzene rings is 1. The van der Waals surface area contributed by atoms with E-state index < -0.39 is 9.84 Å². The summed E-state index contributed by atoms with van der Waals surface area (Å²) in [5.41, 5.74) is 0.431. The van der Waals surface area contributed by atoms with Gasteiger partial charge in [0.05, 0.1) is 36.5 Å². The molecule has 2 heterocycles. The van der Waals surface area contributed by atoms with Crippen molar-refractivity contribution in [2.75, 3.05) is 18.1 Å². The van der Waals surface area contributed by atoms with Crippen molar-refractivity contribution in [2.24, 2.45) is 0 Å². The SMILES string of the molecule is CCOc1ccccc1C(=O)N(Cc1ccco1)[C@@H]1CCS(=O)(=O)C1. The molecule has 0 N–H and O–H groups in total. The van der Waals surface area contributed by atoms with Gasteiger partial charge in [0.2, 0.25) is 0 Å². The summed E-state index contributed by atoms with van der Waals surface area (Å²) in [6.45, 7) is 2.53. The zero-order chi connectivity index (χ0) is 17.9. The number of hydrogen-bond acceptors (Lipinski definition) is 5. The number of carbonyl (C=O) groups is 1. The minimum absolute atomic E-state index is 0.0176. The highest BCUT2D eigenvalue weighted by molar-refractivity contribution is 7.91. The van der Waals surface area contributed by atoms with Crippen molar-refractivity contribution in [1.82, 2.24) is 4.90 Å². The molecule has 3 rings (SSSR count). The summed E-state index contributed by atoms with van der Waals surface area (Å²) in [7, 11) is -3.11. The van der Waals surface area contributed by atoms with Gasteiger partial charge < -0.3 is 14.1 Å². The fourth-order valence-corrected chi connectivity index (χ4v) is 4.77. The fourth-order valence-electron chi connectivity index (χ4n) is 3.04. The van der Waals surface area contributed by atoms with Gasteiger partial charge in [-0.2, -0.15) is 0 Å². The molecule has 1 atom stereocenters. The minimum atomic E-state index is -3.11. The van der Waals surface area contributed by atoms with Crippen LogP contribution in [0.2, 0.25) is 0 Å². The normalized spacial score (nSPS) is 18.8. The van der Waals surface area contributed by atoms with Gasteiger partial charge in [0, 0.05) is 6.04 Å². The quantitative estimate of drug-likeness (QED) is 0.788. The van der Waals surface area contributed by atoms with Crippen LogP contribution in [0.4, 0.5) is 0 Å². The predicted molar refractivity (Wildman–Crippen MR) is 93.3 cm³/mol. The molecule has 0 unspecified atom stereocenters. The molecule has 134 valence electrons. The third-order valence-electron chi connectivity index (χ3n) is 4.23. The maximum absolute atomic E-state index is 13.2. The molecule has 1 aliphatic heterocycles. The first-order valence-electron chi connectivity index (χ1n) is 8.26. The van der Waals surface area contributed by atoms with Crippen LogP contribution in [0.15, 0.2) is 47.1 Å². The monoisotopic (exact) mass is 363 g/mol. The topological polar surface area (TPSA) is 76.8 Å². The molecule has 0 spiro atoms. The van der Waals surface area contributed by atoms with Crippen LogP contribution in [-0.2, 0) is 16.4 Å². The molecular weight excluding hydrogens is 342 g/mol. The number of amides is 1. The van der Waals surface area contributed by atoms with E-state index in [0.717, 1.165) is 0 Å². The summed E-state index contributed by atoms with van der Waals surface area (Å²) >= 11 is 0. The lowest BCUT2D eigenvalue weighted by molar-refractivity contribution is 0.0662. The summed E-state index contributed by atoms with van der Waals surface area (Å²) in [5, 5.41) is 0. The molecule has 0 bridgehead atoms. The average molecular weight is 363 g/mol. The highest BCUT2D eigenvalue weighted by atomic mass is 32.2. The summed E-state index contributed by atoms with van der Waals surface area (Å²) in [6.07, 6.45) is 1.98.